The van der Waals surface area contributed by atoms with Gasteiger partial charge < -0.3 is 15.2 Å². The number of hydrogen-bond acceptors (Lipinski definition) is 5. The second kappa shape index (κ2) is 6.60. The highest BCUT2D eigenvalue weighted by Crippen LogP contribution is 1.90. The summed E-state index contributed by atoms with van der Waals surface area (Å²) in [5.41, 5.74) is 5.16. The fraction of sp³-hybridized carbons (Fsp3) is 0.714. The van der Waals surface area contributed by atoms with E-state index in [1.807, 2.05) is 0 Å². The Morgan fingerprint density at radius 3 is 2.50 bits per heavy atom. The molecule has 0 rings (SSSR count). The van der Waals surface area contributed by atoms with Gasteiger partial charge in [-0.1, -0.05) is 0 Å². The lowest BCUT2D eigenvalue weighted by molar-refractivity contribution is -0.152. The van der Waals surface area contributed by atoms with E-state index in [1.165, 1.54) is 7.11 Å². The molecular formula is C7H13NO4. The maximum atomic E-state index is 10.7. The lowest BCUT2D eigenvalue weighted by Crippen LogP contribution is -2.14. The minimum Gasteiger partial charge on any atom is -0.469 e. The summed E-state index contributed by atoms with van der Waals surface area (Å²) >= 11 is 0. The van der Waals surface area contributed by atoms with Gasteiger partial charge in [-0.25, -0.2) is 0 Å². The van der Waals surface area contributed by atoms with Crippen molar-refractivity contribution in [3.63, 3.8) is 0 Å². The number of carbonyl (C=O) groups excluding carboxylic acids is 2. The van der Waals surface area contributed by atoms with Gasteiger partial charge in [0.2, 0.25) is 0 Å². The molecule has 0 bridgehead atoms. The van der Waals surface area contributed by atoms with E-state index in [9.17, 15) is 9.59 Å². The lowest BCUT2D eigenvalue weighted by Gasteiger charge is -2.01. The summed E-state index contributed by atoms with van der Waals surface area (Å²) in [4.78, 5) is 21.2. The second-order valence-corrected chi connectivity index (χ2v) is 2.12. The third-order valence-electron chi connectivity index (χ3n) is 1.13. The van der Waals surface area contributed by atoms with E-state index in [2.05, 4.69) is 9.47 Å². The van der Waals surface area contributed by atoms with E-state index in [0.717, 1.165) is 0 Å². The first-order chi connectivity index (χ1) is 5.70. The van der Waals surface area contributed by atoms with Crippen molar-refractivity contribution in [3.05, 3.63) is 0 Å². The van der Waals surface area contributed by atoms with Gasteiger partial charge in [0.25, 0.3) is 0 Å². The molecular weight excluding hydrogens is 162 g/mol. The van der Waals surface area contributed by atoms with Crippen LogP contribution in [-0.4, -0.2) is 32.2 Å². The summed E-state index contributed by atoms with van der Waals surface area (Å²) in [6, 6.07) is 0. The summed E-state index contributed by atoms with van der Waals surface area (Å²) < 4.78 is 8.90. The molecule has 0 spiro atoms. The van der Waals surface area contributed by atoms with Crippen LogP contribution in [0.4, 0.5) is 0 Å². The maximum Gasteiger partial charge on any atom is 0.317 e. The Kier molecular flexibility index (Phi) is 6.00. The average molecular weight is 175 g/mol. The fourth-order valence-corrected chi connectivity index (χ4v) is 0.510. The van der Waals surface area contributed by atoms with Crippen molar-refractivity contribution in [2.45, 2.75) is 12.8 Å². The van der Waals surface area contributed by atoms with Gasteiger partial charge in [0.1, 0.15) is 6.42 Å². The summed E-state index contributed by atoms with van der Waals surface area (Å²) in [5.74, 6) is -1.16. The van der Waals surface area contributed by atoms with Gasteiger partial charge in [-0.05, 0) is 13.0 Å². The topological polar surface area (TPSA) is 78.6 Å². The van der Waals surface area contributed by atoms with Crippen LogP contribution in [0.5, 0.6) is 0 Å². The molecule has 0 aromatic carbocycles. The van der Waals surface area contributed by atoms with E-state index >= 15 is 0 Å². The van der Waals surface area contributed by atoms with Crippen molar-refractivity contribution in [1.29, 1.82) is 0 Å². The van der Waals surface area contributed by atoms with Gasteiger partial charge in [0, 0.05) is 0 Å². The summed E-state index contributed by atoms with van der Waals surface area (Å²) in [5, 5.41) is 0. The summed E-state index contributed by atoms with van der Waals surface area (Å²) in [6.07, 6.45) is 0.272. The zero-order valence-corrected chi connectivity index (χ0v) is 7.04. The molecule has 5 nitrogen and oxygen atoms in total. The zero-order chi connectivity index (χ0) is 9.40. The number of nitrogens with two attached hydrogens (primary N) is 1. The van der Waals surface area contributed by atoms with E-state index in [4.69, 9.17) is 5.73 Å². The molecule has 0 unspecified atom stereocenters. The molecule has 0 saturated heterocycles. The third-order valence-corrected chi connectivity index (χ3v) is 1.13. The third kappa shape index (κ3) is 5.67. The molecule has 2 N–H and O–H groups in total. The number of ether oxygens (including phenoxy) is 2. The van der Waals surface area contributed by atoms with Gasteiger partial charge in [0.05, 0.1) is 13.7 Å². The summed E-state index contributed by atoms with van der Waals surface area (Å²) in [6.45, 7) is 0.720. The standard InChI is InChI=1S/C7H13NO4/c1-11-6(9)5-7(10)12-4-2-3-8/h2-5,8H2,1H3. The van der Waals surface area contributed by atoms with Crippen molar-refractivity contribution in [1.82, 2.24) is 0 Å². The van der Waals surface area contributed by atoms with Crippen LogP contribution >= 0.6 is 0 Å². The minimum absolute atomic E-state index is 0.256. The highest BCUT2D eigenvalue weighted by atomic mass is 16.5. The van der Waals surface area contributed by atoms with E-state index < -0.39 is 11.9 Å². The molecule has 0 amide bonds. The van der Waals surface area contributed by atoms with Gasteiger partial charge in [-0.2, -0.15) is 0 Å². The van der Waals surface area contributed by atoms with Gasteiger partial charge in [-0.15, -0.1) is 0 Å². The molecule has 0 aromatic heterocycles. The van der Waals surface area contributed by atoms with Gasteiger partial charge >= 0.3 is 11.9 Å². The smallest absolute Gasteiger partial charge is 0.317 e. The number of esters is 2. The van der Waals surface area contributed by atoms with Crippen LogP contribution in [0.3, 0.4) is 0 Å². The van der Waals surface area contributed by atoms with E-state index in [1.54, 1.807) is 0 Å². The molecule has 70 valence electrons. The molecule has 0 aliphatic heterocycles. The molecule has 0 aliphatic rings. The Bertz CT molecular complexity index is 157. The van der Waals surface area contributed by atoms with E-state index in [-0.39, 0.29) is 13.0 Å². The van der Waals surface area contributed by atoms with Crippen molar-refractivity contribution in [2.75, 3.05) is 20.3 Å². The van der Waals surface area contributed by atoms with Gasteiger partial charge in [-0.3, -0.25) is 9.59 Å². The maximum absolute atomic E-state index is 10.7. The normalized spacial score (nSPS) is 9.17. The lowest BCUT2D eigenvalue weighted by atomic mass is 10.4. The Balaban J connectivity index is 3.40. The van der Waals surface area contributed by atoms with Crippen LogP contribution in [0.25, 0.3) is 0 Å². The van der Waals surface area contributed by atoms with Gasteiger partial charge in [0.15, 0.2) is 0 Å². The average Bonchev–Trinajstić information content (AvgIpc) is 2.05. The minimum atomic E-state index is -0.590. The highest BCUT2D eigenvalue weighted by molar-refractivity contribution is 5.91. The van der Waals surface area contributed by atoms with Crippen LogP contribution in [0.1, 0.15) is 12.8 Å². The first kappa shape index (κ1) is 10.9. The Morgan fingerprint density at radius 1 is 1.33 bits per heavy atom. The molecule has 5 heteroatoms. The fourth-order valence-electron chi connectivity index (χ4n) is 0.510. The molecule has 12 heavy (non-hydrogen) atoms. The number of methoxy groups -OCH3 is 1. The number of rotatable bonds is 5. The molecule has 0 fully saturated rings. The zero-order valence-electron chi connectivity index (χ0n) is 7.04. The van der Waals surface area contributed by atoms with Crippen molar-refractivity contribution >= 4 is 11.9 Å². The molecule has 0 heterocycles. The first-order valence-electron chi connectivity index (χ1n) is 3.63. The van der Waals surface area contributed by atoms with Crippen LogP contribution in [0.2, 0.25) is 0 Å². The summed E-state index contributed by atoms with van der Waals surface area (Å²) in [7, 11) is 1.22. The first-order valence-corrected chi connectivity index (χ1v) is 3.63. The quantitative estimate of drug-likeness (QED) is 0.344. The number of carbonyl (C=O) groups is 2. The predicted octanol–water partition coefficient (Wildman–Crippen LogP) is -0.558. The van der Waals surface area contributed by atoms with Crippen LogP contribution in [-0.2, 0) is 19.1 Å². The van der Waals surface area contributed by atoms with Crippen LogP contribution in [0.15, 0.2) is 0 Å². The van der Waals surface area contributed by atoms with Crippen molar-refractivity contribution < 1.29 is 19.1 Å². The molecule has 0 radical (unpaired) electrons. The Morgan fingerprint density at radius 2 is 2.00 bits per heavy atom. The second-order valence-electron chi connectivity index (χ2n) is 2.12. The molecule has 0 saturated carbocycles. The Hall–Kier alpha value is -1.10. The SMILES string of the molecule is COC(=O)CC(=O)OCCCN. The van der Waals surface area contributed by atoms with E-state index in [0.29, 0.717) is 13.0 Å². The largest absolute Gasteiger partial charge is 0.469 e. The number of hydrogen-bond donors (Lipinski definition) is 1. The van der Waals surface area contributed by atoms with Crippen molar-refractivity contribution in [3.8, 4) is 0 Å². The molecule has 0 aliphatic carbocycles. The molecule has 0 atom stereocenters. The Labute approximate surface area is 70.8 Å². The monoisotopic (exact) mass is 175 g/mol. The predicted molar refractivity (Wildman–Crippen MR) is 41.3 cm³/mol. The van der Waals surface area contributed by atoms with Crippen LogP contribution in [0, 0.1) is 0 Å². The highest BCUT2D eigenvalue weighted by Gasteiger charge is 2.09. The van der Waals surface area contributed by atoms with Crippen LogP contribution < -0.4 is 5.73 Å². The van der Waals surface area contributed by atoms with Crippen molar-refractivity contribution in [2.24, 2.45) is 5.73 Å². The molecule has 0 aromatic rings.